The van der Waals surface area contributed by atoms with Gasteiger partial charge in [0.1, 0.15) is 10.8 Å². The first kappa shape index (κ1) is 10.3. The molecule has 0 radical (unpaired) electrons. The summed E-state index contributed by atoms with van der Waals surface area (Å²) in [6, 6.07) is 2.40. The molecule has 0 saturated heterocycles. The van der Waals surface area contributed by atoms with Crippen molar-refractivity contribution in [3.05, 3.63) is 6.07 Å². The van der Waals surface area contributed by atoms with Gasteiger partial charge < -0.3 is 11.1 Å². The molecule has 0 fully saturated rings. The Hall–Kier alpha value is -0.770. The Morgan fingerprint density at radius 2 is 2.31 bits per heavy atom. The van der Waals surface area contributed by atoms with Crippen molar-refractivity contribution in [2.75, 3.05) is 11.1 Å². The molecule has 0 bridgehead atoms. The van der Waals surface area contributed by atoms with E-state index in [-0.39, 0.29) is 0 Å². The van der Waals surface area contributed by atoms with E-state index in [0.29, 0.717) is 17.8 Å². The van der Waals surface area contributed by atoms with Crippen LogP contribution in [0.5, 0.6) is 0 Å². The number of aromatic nitrogens is 1. The summed E-state index contributed by atoms with van der Waals surface area (Å²) in [6.07, 6.45) is 1.12. The Balaban J connectivity index is 2.56. The molecule has 1 unspecified atom stereocenters. The normalized spacial score (nSPS) is 13.2. The molecule has 3 N–H and O–H groups in total. The zero-order valence-corrected chi connectivity index (χ0v) is 9.19. The first-order valence-electron chi connectivity index (χ1n) is 4.62. The highest BCUT2D eigenvalue weighted by atomic mass is 32.1. The molecule has 3 nitrogen and oxygen atoms in total. The van der Waals surface area contributed by atoms with Crippen molar-refractivity contribution < 1.29 is 0 Å². The molecular formula is C9H17N3S. The van der Waals surface area contributed by atoms with E-state index in [1.54, 1.807) is 0 Å². The lowest BCUT2D eigenvalue weighted by molar-refractivity contribution is 0.512. The number of nitrogen functional groups attached to an aromatic ring is 1. The predicted octanol–water partition coefficient (Wildman–Crippen LogP) is 2.57. The monoisotopic (exact) mass is 199 g/mol. The fraction of sp³-hybridized carbons (Fsp3) is 0.667. The molecule has 1 atom stereocenters. The highest BCUT2D eigenvalue weighted by molar-refractivity contribution is 7.10. The summed E-state index contributed by atoms with van der Waals surface area (Å²) >= 11 is 1.42. The number of rotatable bonds is 4. The van der Waals surface area contributed by atoms with Crippen LogP contribution in [0.3, 0.4) is 0 Å². The maximum absolute atomic E-state index is 5.53. The molecule has 0 aliphatic heterocycles. The third-order valence-corrected chi connectivity index (χ3v) is 2.84. The van der Waals surface area contributed by atoms with Gasteiger partial charge in [0.2, 0.25) is 0 Å². The second-order valence-corrected chi connectivity index (χ2v) is 4.32. The van der Waals surface area contributed by atoms with Crippen molar-refractivity contribution in [2.24, 2.45) is 5.92 Å². The van der Waals surface area contributed by atoms with Crippen LogP contribution in [0.2, 0.25) is 0 Å². The Morgan fingerprint density at radius 1 is 1.62 bits per heavy atom. The van der Waals surface area contributed by atoms with Crippen molar-refractivity contribution in [2.45, 2.75) is 33.2 Å². The molecule has 0 aliphatic carbocycles. The molecule has 1 aromatic rings. The molecule has 1 rings (SSSR count). The Bertz CT molecular complexity index is 257. The van der Waals surface area contributed by atoms with Gasteiger partial charge in [0, 0.05) is 12.1 Å². The fourth-order valence-corrected chi connectivity index (χ4v) is 1.91. The van der Waals surface area contributed by atoms with Crippen LogP contribution in [0.15, 0.2) is 6.07 Å². The van der Waals surface area contributed by atoms with Crippen molar-refractivity contribution >= 4 is 22.4 Å². The molecule has 0 spiro atoms. The molecule has 13 heavy (non-hydrogen) atoms. The van der Waals surface area contributed by atoms with Gasteiger partial charge in [-0.3, -0.25) is 0 Å². The number of nitrogens with zero attached hydrogens (tertiary/aromatic N) is 1. The molecule has 0 aromatic carbocycles. The van der Waals surface area contributed by atoms with E-state index in [1.807, 2.05) is 6.07 Å². The lowest BCUT2D eigenvalue weighted by Gasteiger charge is -2.20. The standard InChI is InChI=1S/C9H17N3S/c1-4-7(6(2)3)11-9-5-8(10)12-13-9/h5-7,11H,4H2,1-3H3,(H2,10,12). The van der Waals surface area contributed by atoms with Gasteiger partial charge in [-0.2, -0.15) is 4.37 Å². The SMILES string of the molecule is CCC(Nc1cc(N)ns1)C(C)C. The largest absolute Gasteiger partial charge is 0.383 e. The van der Waals surface area contributed by atoms with E-state index in [9.17, 15) is 0 Å². The van der Waals surface area contributed by atoms with Gasteiger partial charge in [-0.1, -0.05) is 20.8 Å². The number of hydrogen-bond donors (Lipinski definition) is 2. The van der Waals surface area contributed by atoms with Gasteiger partial charge in [-0.25, -0.2) is 0 Å². The molecule has 0 amide bonds. The average molecular weight is 199 g/mol. The van der Waals surface area contributed by atoms with Crippen LogP contribution < -0.4 is 11.1 Å². The summed E-state index contributed by atoms with van der Waals surface area (Å²) in [5.74, 6) is 1.24. The Morgan fingerprint density at radius 3 is 2.69 bits per heavy atom. The number of hydrogen-bond acceptors (Lipinski definition) is 4. The summed E-state index contributed by atoms with van der Waals surface area (Å²) < 4.78 is 4.02. The van der Waals surface area contributed by atoms with E-state index >= 15 is 0 Å². The lowest BCUT2D eigenvalue weighted by Crippen LogP contribution is -2.23. The fourth-order valence-electron chi connectivity index (χ4n) is 1.28. The Labute approximate surface area is 83.5 Å². The molecule has 1 aromatic heterocycles. The van der Waals surface area contributed by atoms with Gasteiger partial charge in [-0.15, -0.1) is 0 Å². The number of nitrogens with one attached hydrogen (secondary N) is 1. The third kappa shape index (κ3) is 2.88. The summed E-state index contributed by atoms with van der Waals surface area (Å²) in [7, 11) is 0. The minimum Gasteiger partial charge on any atom is -0.383 e. The minimum atomic E-state index is 0.514. The molecule has 1 heterocycles. The lowest BCUT2D eigenvalue weighted by atomic mass is 10.0. The molecular weight excluding hydrogens is 182 g/mol. The van der Waals surface area contributed by atoms with E-state index in [1.165, 1.54) is 11.5 Å². The Kier molecular flexibility index (Phi) is 3.54. The second kappa shape index (κ2) is 4.46. The highest BCUT2D eigenvalue weighted by Gasteiger charge is 2.11. The van der Waals surface area contributed by atoms with Crippen molar-refractivity contribution in [3.8, 4) is 0 Å². The number of anilines is 2. The topological polar surface area (TPSA) is 50.9 Å². The molecule has 0 aliphatic rings. The maximum Gasteiger partial charge on any atom is 0.139 e. The zero-order valence-electron chi connectivity index (χ0n) is 8.37. The van der Waals surface area contributed by atoms with Crippen LogP contribution in [-0.4, -0.2) is 10.4 Å². The summed E-state index contributed by atoms with van der Waals surface area (Å²) in [4.78, 5) is 0. The zero-order chi connectivity index (χ0) is 9.84. The first-order valence-corrected chi connectivity index (χ1v) is 5.39. The van der Waals surface area contributed by atoms with E-state index in [2.05, 4.69) is 30.5 Å². The van der Waals surface area contributed by atoms with Gasteiger partial charge >= 0.3 is 0 Å². The van der Waals surface area contributed by atoms with Crippen LogP contribution in [0.25, 0.3) is 0 Å². The first-order chi connectivity index (χ1) is 6.13. The smallest absolute Gasteiger partial charge is 0.139 e. The molecule has 4 heteroatoms. The molecule has 0 saturated carbocycles. The van der Waals surface area contributed by atoms with Crippen LogP contribution in [0.4, 0.5) is 10.8 Å². The van der Waals surface area contributed by atoms with Crippen LogP contribution in [0, 0.1) is 5.92 Å². The van der Waals surface area contributed by atoms with Gasteiger partial charge in [0.05, 0.1) is 0 Å². The van der Waals surface area contributed by atoms with E-state index < -0.39 is 0 Å². The maximum atomic E-state index is 5.53. The van der Waals surface area contributed by atoms with Crippen molar-refractivity contribution in [1.29, 1.82) is 0 Å². The quantitative estimate of drug-likeness (QED) is 0.783. The average Bonchev–Trinajstić information content (AvgIpc) is 2.46. The number of nitrogens with two attached hydrogens (primary N) is 1. The van der Waals surface area contributed by atoms with Crippen LogP contribution in [-0.2, 0) is 0 Å². The minimum absolute atomic E-state index is 0.514. The predicted molar refractivity (Wildman–Crippen MR) is 59.1 cm³/mol. The van der Waals surface area contributed by atoms with Crippen LogP contribution >= 0.6 is 11.5 Å². The second-order valence-electron chi connectivity index (χ2n) is 3.52. The van der Waals surface area contributed by atoms with Gasteiger partial charge in [0.15, 0.2) is 0 Å². The van der Waals surface area contributed by atoms with Gasteiger partial charge in [-0.05, 0) is 23.9 Å². The van der Waals surface area contributed by atoms with Crippen molar-refractivity contribution in [1.82, 2.24) is 4.37 Å². The third-order valence-electron chi connectivity index (χ3n) is 2.10. The summed E-state index contributed by atoms with van der Waals surface area (Å²) in [5, 5.41) is 4.49. The van der Waals surface area contributed by atoms with Crippen molar-refractivity contribution in [3.63, 3.8) is 0 Å². The summed E-state index contributed by atoms with van der Waals surface area (Å²) in [5.41, 5.74) is 5.53. The molecule has 74 valence electrons. The van der Waals surface area contributed by atoms with Crippen LogP contribution in [0.1, 0.15) is 27.2 Å². The van der Waals surface area contributed by atoms with E-state index in [0.717, 1.165) is 11.4 Å². The highest BCUT2D eigenvalue weighted by Crippen LogP contribution is 2.21. The van der Waals surface area contributed by atoms with E-state index in [4.69, 9.17) is 5.73 Å². The van der Waals surface area contributed by atoms with Gasteiger partial charge in [0.25, 0.3) is 0 Å². The summed E-state index contributed by atoms with van der Waals surface area (Å²) in [6.45, 7) is 6.61.